The molecule has 0 radical (unpaired) electrons. The van der Waals surface area contributed by atoms with E-state index in [1.165, 1.54) is 0 Å². The third-order valence-corrected chi connectivity index (χ3v) is 3.65. The Kier molecular flexibility index (Phi) is 3.10. The fourth-order valence-corrected chi connectivity index (χ4v) is 1.78. The highest BCUT2D eigenvalue weighted by molar-refractivity contribution is 6.62. The normalized spacial score (nSPS) is 19.8. The molecule has 0 aromatic carbocycles. The van der Waals surface area contributed by atoms with Gasteiger partial charge in [-0.25, -0.2) is 4.98 Å². The van der Waals surface area contributed by atoms with E-state index >= 15 is 0 Å². The van der Waals surface area contributed by atoms with Gasteiger partial charge < -0.3 is 9.31 Å². The van der Waals surface area contributed by atoms with Crippen LogP contribution in [0.4, 0.5) is 0 Å². The molecule has 1 aromatic rings. The Morgan fingerprint density at radius 1 is 1.05 bits per heavy atom. The van der Waals surface area contributed by atoms with Gasteiger partial charge in [-0.3, -0.25) is 0 Å². The number of nitriles is 2. The third kappa shape index (κ3) is 2.21. The first-order valence-corrected chi connectivity index (χ1v) is 5.97. The molecule has 0 spiro atoms. The average Bonchev–Trinajstić information content (AvgIpc) is 2.57. The molecule has 2 heterocycles. The molecule has 1 aliphatic rings. The van der Waals surface area contributed by atoms with Crippen molar-refractivity contribution in [3.63, 3.8) is 0 Å². The summed E-state index contributed by atoms with van der Waals surface area (Å²) >= 11 is 0. The van der Waals surface area contributed by atoms with Crippen LogP contribution in [0, 0.1) is 22.7 Å². The van der Waals surface area contributed by atoms with E-state index in [0.717, 1.165) is 0 Å². The summed E-state index contributed by atoms with van der Waals surface area (Å²) < 4.78 is 11.7. The molecule has 1 aliphatic heterocycles. The van der Waals surface area contributed by atoms with E-state index in [-0.39, 0.29) is 11.4 Å². The number of rotatable bonds is 1. The summed E-state index contributed by atoms with van der Waals surface area (Å²) in [6.07, 6.45) is 0. The average molecular weight is 255 g/mol. The maximum Gasteiger partial charge on any atom is 0.497 e. The van der Waals surface area contributed by atoms with Gasteiger partial charge in [0, 0.05) is 5.46 Å². The van der Waals surface area contributed by atoms with Crippen molar-refractivity contribution in [3.05, 3.63) is 23.5 Å². The zero-order valence-corrected chi connectivity index (χ0v) is 11.4. The molecule has 0 saturated carbocycles. The summed E-state index contributed by atoms with van der Waals surface area (Å²) in [5.74, 6) is 0. The number of nitrogens with zero attached hydrogens (tertiary/aromatic N) is 3. The fourth-order valence-electron chi connectivity index (χ4n) is 1.78. The molecule has 1 saturated heterocycles. The van der Waals surface area contributed by atoms with Crippen LogP contribution < -0.4 is 5.46 Å². The van der Waals surface area contributed by atoms with Crippen molar-refractivity contribution in [2.45, 2.75) is 38.9 Å². The molecule has 1 aromatic heterocycles. The molecule has 2 rings (SSSR count). The van der Waals surface area contributed by atoms with Crippen molar-refractivity contribution < 1.29 is 9.31 Å². The van der Waals surface area contributed by atoms with E-state index in [9.17, 15) is 0 Å². The van der Waals surface area contributed by atoms with Crippen molar-refractivity contribution >= 4 is 12.6 Å². The second kappa shape index (κ2) is 4.34. The molecule has 19 heavy (non-hydrogen) atoms. The molecule has 0 bridgehead atoms. The first kappa shape index (κ1) is 13.5. The predicted octanol–water partition coefficient (Wildman–Crippen LogP) is 1.12. The third-order valence-electron chi connectivity index (χ3n) is 3.65. The molecular formula is C13H14BN3O2. The lowest BCUT2D eigenvalue weighted by molar-refractivity contribution is 0.00578. The van der Waals surface area contributed by atoms with Gasteiger partial charge in [0.25, 0.3) is 0 Å². The van der Waals surface area contributed by atoms with Crippen molar-refractivity contribution in [3.8, 4) is 12.1 Å². The van der Waals surface area contributed by atoms with Crippen LogP contribution in [0.2, 0.25) is 0 Å². The van der Waals surface area contributed by atoms with E-state index < -0.39 is 18.3 Å². The molecule has 0 unspecified atom stereocenters. The van der Waals surface area contributed by atoms with Crippen LogP contribution in [-0.2, 0) is 9.31 Å². The van der Waals surface area contributed by atoms with Gasteiger partial charge in [-0.05, 0) is 33.8 Å². The fraction of sp³-hybridized carbons (Fsp3) is 0.462. The summed E-state index contributed by atoms with van der Waals surface area (Å²) in [6.45, 7) is 7.76. The van der Waals surface area contributed by atoms with Gasteiger partial charge in [0.15, 0.2) is 0 Å². The second-order valence-corrected chi connectivity index (χ2v) is 5.45. The van der Waals surface area contributed by atoms with Gasteiger partial charge in [-0.15, -0.1) is 0 Å². The quantitative estimate of drug-likeness (QED) is 0.702. The molecule has 0 atom stereocenters. The van der Waals surface area contributed by atoms with Gasteiger partial charge in [0.2, 0.25) is 0 Å². The summed E-state index contributed by atoms with van der Waals surface area (Å²) in [7, 11) is -0.639. The summed E-state index contributed by atoms with van der Waals surface area (Å²) in [5.41, 5.74) is -0.0224. The van der Waals surface area contributed by atoms with Crippen LogP contribution in [0.3, 0.4) is 0 Å². The van der Waals surface area contributed by atoms with Gasteiger partial charge >= 0.3 is 7.12 Å². The number of aromatic nitrogens is 1. The second-order valence-electron chi connectivity index (χ2n) is 5.45. The van der Waals surface area contributed by atoms with E-state index in [0.29, 0.717) is 5.46 Å². The SMILES string of the molecule is CC1(C)OB(c2ccc(C#N)nc2C#N)OC1(C)C. The Balaban J connectivity index is 2.41. The molecule has 0 amide bonds. The van der Waals surface area contributed by atoms with Gasteiger partial charge in [0.05, 0.1) is 11.2 Å². The largest absolute Gasteiger partial charge is 0.497 e. The Hall–Kier alpha value is -1.89. The molecule has 1 fully saturated rings. The Morgan fingerprint density at radius 3 is 2.11 bits per heavy atom. The molecular weight excluding hydrogens is 241 g/mol. The van der Waals surface area contributed by atoms with Crippen molar-refractivity contribution in [1.82, 2.24) is 4.98 Å². The smallest absolute Gasteiger partial charge is 0.399 e. The Morgan fingerprint density at radius 2 is 1.63 bits per heavy atom. The highest BCUT2D eigenvalue weighted by Crippen LogP contribution is 2.36. The highest BCUT2D eigenvalue weighted by Gasteiger charge is 2.52. The minimum atomic E-state index is -0.639. The van der Waals surface area contributed by atoms with E-state index in [1.54, 1.807) is 12.1 Å². The van der Waals surface area contributed by atoms with Gasteiger partial charge in [0.1, 0.15) is 23.5 Å². The minimum Gasteiger partial charge on any atom is -0.399 e. The van der Waals surface area contributed by atoms with Crippen LogP contribution >= 0.6 is 0 Å². The molecule has 5 nitrogen and oxygen atoms in total. The zero-order chi connectivity index (χ0) is 14.3. The summed E-state index contributed by atoms with van der Waals surface area (Å²) in [4.78, 5) is 3.97. The van der Waals surface area contributed by atoms with Gasteiger partial charge in [-0.1, -0.05) is 6.07 Å². The van der Waals surface area contributed by atoms with Crippen LogP contribution in [-0.4, -0.2) is 23.3 Å². The monoisotopic (exact) mass is 255 g/mol. The van der Waals surface area contributed by atoms with Crippen molar-refractivity contribution in [1.29, 1.82) is 10.5 Å². The lowest BCUT2D eigenvalue weighted by atomic mass is 9.78. The summed E-state index contributed by atoms with van der Waals surface area (Å²) in [6, 6.07) is 7.10. The topological polar surface area (TPSA) is 78.9 Å². The van der Waals surface area contributed by atoms with E-state index in [4.69, 9.17) is 19.8 Å². The highest BCUT2D eigenvalue weighted by atomic mass is 16.7. The van der Waals surface area contributed by atoms with Gasteiger partial charge in [-0.2, -0.15) is 10.5 Å². The van der Waals surface area contributed by atoms with Crippen LogP contribution in [0.15, 0.2) is 12.1 Å². The maximum absolute atomic E-state index is 9.13. The van der Waals surface area contributed by atoms with Crippen LogP contribution in [0.1, 0.15) is 39.1 Å². The number of hydrogen-bond donors (Lipinski definition) is 0. The number of pyridine rings is 1. The molecule has 6 heteroatoms. The Bertz CT molecular complexity index is 583. The lowest BCUT2D eigenvalue weighted by Crippen LogP contribution is -2.41. The first-order chi connectivity index (χ1) is 8.80. The Labute approximate surface area is 112 Å². The van der Waals surface area contributed by atoms with Crippen LogP contribution in [0.25, 0.3) is 0 Å². The molecule has 0 aliphatic carbocycles. The minimum absolute atomic E-state index is 0.164. The van der Waals surface area contributed by atoms with Crippen molar-refractivity contribution in [2.24, 2.45) is 0 Å². The van der Waals surface area contributed by atoms with E-state index in [2.05, 4.69) is 4.98 Å². The van der Waals surface area contributed by atoms with Crippen molar-refractivity contribution in [2.75, 3.05) is 0 Å². The zero-order valence-electron chi connectivity index (χ0n) is 11.4. The maximum atomic E-state index is 9.13. The van der Waals surface area contributed by atoms with E-state index in [1.807, 2.05) is 39.8 Å². The van der Waals surface area contributed by atoms with Crippen LogP contribution in [0.5, 0.6) is 0 Å². The standard InChI is InChI=1S/C13H14BN3O2/c1-12(2)13(3,4)19-14(18-12)10-6-5-9(7-15)17-11(10)8-16/h5-6H,1-4H3. The molecule has 96 valence electrons. The summed E-state index contributed by atoms with van der Waals surface area (Å²) in [5, 5.41) is 17.9. The molecule has 0 N–H and O–H groups in total. The number of hydrogen-bond acceptors (Lipinski definition) is 5. The lowest BCUT2D eigenvalue weighted by Gasteiger charge is -2.32. The first-order valence-electron chi connectivity index (χ1n) is 5.97. The predicted molar refractivity (Wildman–Crippen MR) is 69.4 cm³/mol.